The third-order valence-electron chi connectivity index (χ3n) is 2.02. The number of hydrogen-bond donors (Lipinski definition) is 0. The first-order chi connectivity index (χ1) is 9.25. The summed E-state index contributed by atoms with van der Waals surface area (Å²) in [6.07, 6.45) is 0.393. The lowest BCUT2D eigenvalue weighted by Gasteiger charge is -1.99. The van der Waals surface area contributed by atoms with Crippen LogP contribution in [-0.4, -0.2) is 11.9 Å². The number of esters is 2. The molecular weight excluding hydrogens is 240 g/mol. The van der Waals surface area contributed by atoms with Crippen LogP contribution >= 0.6 is 0 Å². The fraction of sp³-hybridized carbons (Fsp3) is 0.500. The zero-order valence-corrected chi connectivity index (χ0v) is 12.9. The summed E-state index contributed by atoms with van der Waals surface area (Å²) in [5.41, 5.74) is 1.77. The van der Waals surface area contributed by atoms with Crippen LogP contribution in [0.3, 0.4) is 0 Å². The summed E-state index contributed by atoms with van der Waals surface area (Å²) in [5.74, 6) is -0.926. The van der Waals surface area contributed by atoms with Crippen LogP contribution in [0.4, 0.5) is 0 Å². The van der Waals surface area contributed by atoms with Crippen molar-refractivity contribution in [1.82, 2.24) is 0 Å². The van der Waals surface area contributed by atoms with Gasteiger partial charge in [-0.25, -0.2) is 0 Å². The van der Waals surface area contributed by atoms with E-state index in [2.05, 4.69) is 4.74 Å². The Hall–Kier alpha value is -1.64. The molecule has 0 radical (unpaired) electrons. The molecular formula is C16H26O3. The van der Waals surface area contributed by atoms with Crippen molar-refractivity contribution in [1.29, 1.82) is 0 Å². The van der Waals surface area contributed by atoms with Crippen LogP contribution in [-0.2, 0) is 27.2 Å². The summed E-state index contributed by atoms with van der Waals surface area (Å²) in [5, 5.41) is 0. The molecule has 108 valence electrons. The Morgan fingerprint density at radius 2 is 1.05 bits per heavy atom. The van der Waals surface area contributed by atoms with Gasteiger partial charge in [-0.2, -0.15) is 0 Å². The van der Waals surface area contributed by atoms with Gasteiger partial charge in [-0.1, -0.05) is 65.8 Å². The lowest BCUT2D eigenvalue weighted by atomic mass is 10.0. The van der Waals surface area contributed by atoms with E-state index in [1.165, 1.54) is 0 Å². The van der Waals surface area contributed by atoms with Gasteiger partial charge in [-0.05, 0) is 11.1 Å². The highest BCUT2D eigenvalue weighted by atomic mass is 16.6. The first kappa shape index (κ1) is 19.7. The highest BCUT2D eigenvalue weighted by molar-refractivity contribution is 5.90. The van der Waals surface area contributed by atoms with E-state index in [-0.39, 0.29) is 12.8 Å². The SMILES string of the molecule is CC.CC.CC.O=C1Cc2ccccc2CC(=O)O1. The number of fused-ring (bicyclic) bond motifs is 1. The van der Waals surface area contributed by atoms with Crippen LogP contribution in [0.25, 0.3) is 0 Å². The molecule has 0 saturated heterocycles. The van der Waals surface area contributed by atoms with Gasteiger partial charge < -0.3 is 4.74 Å². The summed E-state index contributed by atoms with van der Waals surface area (Å²) in [7, 11) is 0. The van der Waals surface area contributed by atoms with Crippen LogP contribution < -0.4 is 0 Å². The summed E-state index contributed by atoms with van der Waals surface area (Å²) in [6, 6.07) is 7.38. The topological polar surface area (TPSA) is 43.4 Å². The molecule has 3 nitrogen and oxygen atoms in total. The highest BCUT2D eigenvalue weighted by Crippen LogP contribution is 2.14. The molecule has 0 aliphatic carbocycles. The Morgan fingerprint density at radius 3 is 1.37 bits per heavy atom. The second-order valence-electron chi connectivity index (χ2n) is 2.97. The molecule has 1 aromatic carbocycles. The fourth-order valence-corrected chi connectivity index (χ4v) is 1.41. The molecule has 0 N–H and O–H groups in total. The standard InChI is InChI=1S/C10H8O3.3C2H6/c11-9-5-7-3-1-2-4-8(7)6-10(12)13-9;3*1-2/h1-4H,5-6H2;3*1-2H3. The maximum absolute atomic E-state index is 11.0. The Bertz CT molecular complexity index is 335. The number of benzene rings is 1. The third kappa shape index (κ3) is 7.39. The lowest BCUT2D eigenvalue weighted by molar-refractivity contribution is -0.158. The van der Waals surface area contributed by atoms with Crippen LogP contribution in [0, 0.1) is 0 Å². The summed E-state index contributed by atoms with van der Waals surface area (Å²) >= 11 is 0. The van der Waals surface area contributed by atoms with Gasteiger partial charge in [0.15, 0.2) is 0 Å². The van der Waals surface area contributed by atoms with Gasteiger partial charge in [0, 0.05) is 0 Å². The molecule has 0 spiro atoms. The Labute approximate surface area is 117 Å². The first-order valence-electron chi connectivity index (χ1n) is 7.06. The Balaban J connectivity index is 0. The minimum absolute atomic E-state index is 0.196. The van der Waals surface area contributed by atoms with E-state index in [4.69, 9.17) is 0 Å². The third-order valence-corrected chi connectivity index (χ3v) is 2.02. The summed E-state index contributed by atoms with van der Waals surface area (Å²) in [4.78, 5) is 22.0. The van der Waals surface area contributed by atoms with Crippen molar-refractivity contribution in [3.8, 4) is 0 Å². The molecule has 1 heterocycles. The van der Waals surface area contributed by atoms with Crippen molar-refractivity contribution in [3.05, 3.63) is 35.4 Å². The molecule has 2 rings (SSSR count). The minimum Gasteiger partial charge on any atom is -0.393 e. The average Bonchev–Trinajstić information content (AvgIpc) is 2.61. The highest BCUT2D eigenvalue weighted by Gasteiger charge is 2.19. The molecule has 1 aliphatic heterocycles. The van der Waals surface area contributed by atoms with Crippen molar-refractivity contribution in [2.75, 3.05) is 0 Å². The second kappa shape index (κ2) is 12.8. The molecule has 0 unspecified atom stereocenters. The number of carbonyl (C=O) groups is 2. The van der Waals surface area contributed by atoms with Crippen molar-refractivity contribution < 1.29 is 14.3 Å². The number of cyclic esters (lactones) is 2. The van der Waals surface area contributed by atoms with Gasteiger partial charge in [0.2, 0.25) is 0 Å². The van der Waals surface area contributed by atoms with Crippen LogP contribution in [0.15, 0.2) is 24.3 Å². The van der Waals surface area contributed by atoms with Crippen LogP contribution in [0.1, 0.15) is 52.7 Å². The van der Waals surface area contributed by atoms with E-state index >= 15 is 0 Å². The molecule has 0 aromatic heterocycles. The zero-order chi connectivity index (χ0) is 15.3. The van der Waals surface area contributed by atoms with Gasteiger partial charge in [0.1, 0.15) is 0 Å². The maximum Gasteiger partial charge on any atom is 0.317 e. The molecule has 0 fully saturated rings. The van der Waals surface area contributed by atoms with E-state index in [0.717, 1.165) is 11.1 Å². The van der Waals surface area contributed by atoms with Gasteiger partial charge in [-0.3, -0.25) is 9.59 Å². The Kier molecular flexibility index (Phi) is 13.3. The van der Waals surface area contributed by atoms with Gasteiger partial charge in [0.25, 0.3) is 0 Å². The molecule has 0 saturated carbocycles. The van der Waals surface area contributed by atoms with E-state index in [1.54, 1.807) is 0 Å². The largest absolute Gasteiger partial charge is 0.393 e. The van der Waals surface area contributed by atoms with Crippen molar-refractivity contribution in [2.24, 2.45) is 0 Å². The molecule has 1 aliphatic rings. The molecule has 19 heavy (non-hydrogen) atoms. The average molecular weight is 266 g/mol. The van der Waals surface area contributed by atoms with E-state index in [9.17, 15) is 9.59 Å². The maximum atomic E-state index is 11.0. The number of hydrogen-bond acceptors (Lipinski definition) is 3. The van der Waals surface area contributed by atoms with Gasteiger partial charge in [0.05, 0.1) is 12.8 Å². The predicted octanol–water partition coefficient (Wildman–Crippen LogP) is 3.93. The smallest absolute Gasteiger partial charge is 0.317 e. The van der Waals surface area contributed by atoms with E-state index in [1.807, 2.05) is 65.8 Å². The van der Waals surface area contributed by atoms with E-state index < -0.39 is 11.9 Å². The van der Waals surface area contributed by atoms with Crippen LogP contribution in [0.2, 0.25) is 0 Å². The fourth-order valence-electron chi connectivity index (χ4n) is 1.41. The molecule has 0 amide bonds. The van der Waals surface area contributed by atoms with Crippen LogP contribution in [0.5, 0.6) is 0 Å². The van der Waals surface area contributed by atoms with Crippen molar-refractivity contribution in [3.63, 3.8) is 0 Å². The quantitative estimate of drug-likeness (QED) is 0.528. The molecule has 0 bridgehead atoms. The van der Waals surface area contributed by atoms with Crippen molar-refractivity contribution >= 4 is 11.9 Å². The number of rotatable bonds is 0. The molecule has 3 heteroatoms. The van der Waals surface area contributed by atoms with Gasteiger partial charge in [-0.15, -0.1) is 0 Å². The molecule has 0 atom stereocenters. The van der Waals surface area contributed by atoms with E-state index in [0.29, 0.717) is 0 Å². The van der Waals surface area contributed by atoms with Gasteiger partial charge >= 0.3 is 11.9 Å². The first-order valence-corrected chi connectivity index (χ1v) is 7.06. The minimum atomic E-state index is -0.463. The molecule has 1 aromatic rings. The zero-order valence-electron chi connectivity index (χ0n) is 12.9. The number of carbonyl (C=O) groups excluding carboxylic acids is 2. The predicted molar refractivity (Wildman–Crippen MR) is 79.0 cm³/mol. The monoisotopic (exact) mass is 266 g/mol. The lowest BCUT2D eigenvalue weighted by Crippen LogP contribution is -2.11. The second-order valence-corrected chi connectivity index (χ2v) is 2.97. The Morgan fingerprint density at radius 1 is 0.737 bits per heavy atom. The summed E-state index contributed by atoms with van der Waals surface area (Å²) < 4.78 is 4.52. The number of ether oxygens (including phenoxy) is 1. The normalized spacial score (nSPS) is 11.9. The summed E-state index contributed by atoms with van der Waals surface area (Å²) in [6.45, 7) is 12.0. The van der Waals surface area contributed by atoms with Crippen molar-refractivity contribution in [2.45, 2.75) is 54.4 Å².